The van der Waals surface area contributed by atoms with Gasteiger partial charge in [0.25, 0.3) is 0 Å². The van der Waals surface area contributed by atoms with Gasteiger partial charge in [-0.3, -0.25) is 9.59 Å². The van der Waals surface area contributed by atoms with Crippen molar-refractivity contribution in [2.45, 2.75) is 78.1 Å². The summed E-state index contributed by atoms with van der Waals surface area (Å²) in [4.78, 5) is 24.1. The van der Waals surface area contributed by atoms with Gasteiger partial charge in [0.15, 0.2) is 0 Å². The van der Waals surface area contributed by atoms with E-state index in [-0.39, 0.29) is 11.9 Å². The molecule has 0 bridgehead atoms. The molecular formula is C24H39O4P. The molecule has 4 nitrogen and oxygen atoms in total. The highest BCUT2D eigenvalue weighted by Gasteiger charge is 2.16. The molecule has 0 N–H and O–H groups in total. The van der Waals surface area contributed by atoms with Crippen molar-refractivity contribution < 1.29 is 19.1 Å². The molecule has 1 aromatic rings. The highest BCUT2D eigenvalue weighted by molar-refractivity contribution is 7.65. The highest BCUT2D eigenvalue weighted by Crippen LogP contribution is 2.36. The quantitative estimate of drug-likeness (QED) is 0.180. The summed E-state index contributed by atoms with van der Waals surface area (Å²) < 4.78 is 10.7. The fraction of sp³-hybridized carbons (Fsp3) is 0.667. The monoisotopic (exact) mass is 422 g/mol. The third-order valence-corrected chi connectivity index (χ3v) is 7.37. The minimum absolute atomic E-state index is 0.122. The van der Waals surface area contributed by atoms with Crippen molar-refractivity contribution in [1.82, 2.24) is 0 Å². The molecule has 0 atom stereocenters. The normalized spacial score (nSPS) is 10.9. The van der Waals surface area contributed by atoms with Crippen LogP contribution in [-0.2, 0) is 19.1 Å². The summed E-state index contributed by atoms with van der Waals surface area (Å²) in [7, 11) is -0.571. The lowest BCUT2D eigenvalue weighted by Crippen LogP contribution is -2.14. The van der Waals surface area contributed by atoms with Gasteiger partial charge in [-0.2, -0.15) is 0 Å². The number of benzene rings is 1. The topological polar surface area (TPSA) is 52.6 Å². The molecule has 0 unspecified atom stereocenters. The number of hydrogen-bond donors (Lipinski definition) is 0. The summed E-state index contributed by atoms with van der Waals surface area (Å²) in [6.45, 7) is 5.37. The molecule has 0 fully saturated rings. The number of esters is 2. The van der Waals surface area contributed by atoms with Crippen molar-refractivity contribution >= 4 is 25.2 Å². The molecule has 1 aromatic carbocycles. The summed E-state index contributed by atoms with van der Waals surface area (Å²) >= 11 is 0. The van der Waals surface area contributed by atoms with Gasteiger partial charge >= 0.3 is 11.9 Å². The first-order valence-electron chi connectivity index (χ1n) is 11.3. The van der Waals surface area contributed by atoms with Crippen molar-refractivity contribution in [1.29, 1.82) is 0 Å². The lowest BCUT2D eigenvalue weighted by molar-refractivity contribution is -0.144. The number of hydrogen-bond acceptors (Lipinski definition) is 4. The van der Waals surface area contributed by atoms with Crippen LogP contribution < -0.4 is 5.30 Å². The van der Waals surface area contributed by atoms with Crippen molar-refractivity contribution in [2.24, 2.45) is 0 Å². The number of carbonyl (C=O) groups is 2. The Balaban J connectivity index is 2.37. The zero-order valence-corrected chi connectivity index (χ0v) is 19.3. The van der Waals surface area contributed by atoms with E-state index in [2.05, 4.69) is 26.0 Å². The maximum Gasteiger partial charge on any atom is 0.306 e. The number of ether oxygens (including phenoxy) is 2. The van der Waals surface area contributed by atoms with Crippen LogP contribution in [0.3, 0.4) is 0 Å². The minimum Gasteiger partial charge on any atom is -0.466 e. The Kier molecular flexibility index (Phi) is 15.4. The van der Waals surface area contributed by atoms with Gasteiger partial charge in [0.1, 0.15) is 0 Å². The number of carbonyl (C=O) groups excluding carboxylic acids is 2. The summed E-state index contributed by atoms with van der Waals surface area (Å²) in [5.41, 5.74) is 0. The zero-order valence-electron chi connectivity index (χ0n) is 18.4. The Bertz CT molecular complexity index is 517. The molecule has 0 aliphatic heterocycles. The van der Waals surface area contributed by atoms with Crippen molar-refractivity contribution in [3.8, 4) is 0 Å². The predicted molar refractivity (Wildman–Crippen MR) is 122 cm³/mol. The van der Waals surface area contributed by atoms with E-state index in [4.69, 9.17) is 9.47 Å². The van der Waals surface area contributed by atoms with Crippen molar-refractivity contribution in [3.05, 3.63) is 30.3 Å². The minimum atomic E-state index is -0.571. The molecule has 1 rings (SSSR count). The fourth-order valence-corrected chi connectivity index (χ4v) is 5.27. The van der Waals surface area contributed by atoms with Gasteiger partial charge in [-0.25, -0.2) is 0 Å². The van der Waals surface area contributed by atoms with Gasteiger partial charge in [-0.15, -0.1) is 0 Å². The molecule has 164 valence electrons. The molecule has 29 heavy (non-hydrogen) atoms. The SMILES string of the molecule is CCCCCCOC(=O)CCP(CCC(=O)OCCCCCC)c1ccccc1. The lowest BCUT2D eigenvalue weighted by Gasteiger charge is -2.17. The van der Waals surface area contributed by atoms with Crippen molar-refractivity contribution in [3.63, 3.8) is 0 Å². The van der Waals surface area contributed by atoms with E-state index in [9.17, 15) is 9.59 Å². The maximum atomic E-state index is 12.1. The van der Waals surface area contributed by atoms with E-state index in [1.165, 1.54) is 31.0 Å². The van der Waals surface area contributed by atoms with Crippen LogP contribution in [0, 0.1) is 0 Å². The first-order valence-corrected chi connectivity index (χ1v) is 13.0. The second kappa shape index (κ2) is 17.4. The third kappa shape index (κ3) is 13.4. The van der Waals surface area contributed by atoms with E-state index in [1.54, 1.807) is 0 Å². The Morgan fingerprint density at radius 1 is 0.724 bits per heavy atom. The molecule has 0 aliphatic rings. The molecule has 0 spiro atoms. The second-order valence-corrected chi connectivity index (χ2v) is 9.88. The average molecular weight is 423 g/mol. The van der Waals surface area contributed by atoms with Gasteiger partial charge in [0.05, 0.1) is 13.2 Å². The molecule has 0 saturated heterocycles. The van der Waals surface area contributed by atoms with E-state index in [0.29, 0.717) is 26.1 Å². The Labute approximate surface area is 178 Å². The van der Waals surface area contributed by atoms with Crippen LogP contribution in [0.4, 0.5) is 0 Å². The molecule has 0 aromatic heterocycles. The van der Waals surface area contributed by atoms with Crippen LogP contribution in [0.25, 0.3) is 0 Å². The van der Waals surface area contributed by atoms with Gasteiger partial charge in [-0.05, 0) is 30.5 Å². The number of rotatable bonds is 17. The van der Waals surface area contributed by atoms with Gasteiger partial charge in [-0.1, -0.05) is 90.6 Å². The molecule has 0 saturated carbocycles. The maximum absolute atomic E-state index is 12.1. The predicted octanol–water partition coefficient (Wildman–Crippen LogP) is 5.82. The summed E-state index contributed by atoms with van der Waals surface area (Å²) in [5.74, 6) is -0.244. The van der Waals surface area contributed by atoms with Crippen LogP contribution in [0.15, 0.2) is 30.3 Å². The zero-order chi connectivity index (χ0) is 21.2. The molecule has 0 heterocycles. The molecule has 5 heteroatoms. The third-order valence-electron chi connectivity index (χ3n) is 4.81. The first-order chi connectivity index (χ1) is 14.2. The molecule has 0 aliphatic carbocycles. The van der Waals surface area contributed by atoms with Crippen LogP contribution in [0.2, 0.25) is 0 Å². The fourth-order valence-electron chi connectivity index (χ4n) is 3.04. The molecule has 0 radical (unpaired) electrons. The first kappa shape index (κ1) is 25.6. The van der Waals surface area contributed by atoms with Crippen LogP contribution in [0.5, 0.6) is 0 Å². The van der Waals surface area contributed by atoms with Gasteiger partial charge in [0, 0.05) is 12.8 Å². The van der Waals surface area contributed by atoms with Crippen LogP contribution in [0.1, 0.15) is 78.1 Å². The lowest BCUT2D eigenvalue weighted by atomic mass is 10.2. The standard InChI is InChI=1S/C24H39O4P/c1-3-5-7-12-18-27-23(25)16-20-29(22-14-10-9-11-15-22)21-17-24(26)28-19-13-8-6-4-2/h9-11,14-15H,3-8,12-13,16-21H2,1-2H3. The summed E-state index contributed by atoms with van der Waals surface area (Å²) in [5, 5.41) is 1.23. The van der Waals surface area contributed by atoms with Gasteiger partial charge < -0.3 is 9.47 Å². The largest absolute Gasteiger partial charge is 0.466 e. The van der Waals surface area contributed by atoms with E-state index in [0.717, 1.165) is 38.0 Å². The Hall–Kier alpha value is -1.41. The smallest absolute Gasteiger partial charge is 0.306 e. The summed E-state index contributed by atoms with van der Waals surface area (Å²) in [6, 6.07) is 10.2. The Morgan fingerprint density at radius 3 is 1.66 bits per heavy atom. The van der Waals surface area contributed by atoms with Crippen LogP contribution >= 0.6 is 7.92 Å². The average Bonchev–Trinajstić information content (AvgIpc) is 2.74. The second-order valence-electron chi connectivity index (χ2n) is 7.38. The van der Waals surface area contributed by atoms with E-state index < -0.39 is 7.92 Å². The van der Waals surface area contributed by atoms with Crippen LogP contribution in [-0.4, -0.2) is 37.5 Å². The number of unbranched alkanes of at least 4 members (excludes halogenated alkanes) is 6. The molecule has 0 amide bonds. The summed E-state index contributed by atoms with van der Waals surface area (Å²) in [6.07, 6.45) is 11.2. The van der Waals surface area contributed by atoms with Gasteiger partial charge in [0.2, 0.25) is 0 Å². The van der Waals surface area contributed by atoms with E-state index >= 15 is 0 Å². The highest BCUT2D eigenvalue weighted by atomic mass is 31.1. The van der Waals surface area contributed by atoms with E-state index in [1.807, 2.05) is 18.2 Å². The van der Waals surface area contributed by atoms with Crippen molar-refractivity contribution in [2.75, 3.05) is 25.5 Å². The molecular weight excluding hydrogens is 383 g/mol. The Morgan fingerprint density at radius 2 is 1.21 bits per heavy atom.